The molecule has 1 saturated heterocycles. The Kier molecular flexibility index (Phi) is 2.93. The maximum Gasteiger partial charge on any atom is 0.220 e. The number of hydrogen-bond acceptors (Lipinski definition) is 6. The summed E-state index contributed by atoms with van der Waals surface area (Å²) < 4.78 is 7.59. The molecule has 0 unspecified atom stereocenters. The van der Waals surface area contributed by atoms with Gasteiger partial charge in [-0.1, -0.05) is 0 Å². The van der Waals surface area contributed by atoms with Crippen molar-refractivity contribution in [3.63, 3.8) is 0 Å². The average Bonchev–Trinajstić information content (AvgIpc) is 3.08. The Morgan fingerprint density at radius 3 is 3.11 bits per heavy atom. The Morgan fingerprint density at radius 2 is 2.39 bits per heavy atom. The molecule has 0 bridgehead atoms. The Labute approximate surface area is 104 Å². The van der Waals surface area contributed by atoms with E-state index in [4.69, 9.17) is 4.74 Å². The van der Waals surface area contributed by atoms with E-state index in [1.807, 2.05) is 7.05 Å². The Balaban J connectivity index is 1.52. The number of anilines is 1. The second kappa shape index (κ2) is 4.73. The molecular formula is C10H15N7O. The van der Waals surface area contributed by atoms with Crippen LogP contribution < -0.4 is 5.32 Å². The highest BCUT2D eigenvalue weighted by Crippen LogP contribution is 2.30. The van der Waals surface area contributed by atoms with Crippen molar-refractivity contribution in [3.05, 3.63) is 18.5 Å². The van der Waals surface area contributed by atoms with Crippen LogP contribution in [0.25, 0.3) is 0 Å². The monoisotopic (exact) mass is 249 g/mol. The van der Waals surface area contributed by atoms with E-state index in [0.717, 1.165) is 31.2 Å². The maximum atomic E-state index is 5.89. The van der Waals surface area contributed by atoms with E-state index in [2.05, 4.69) is 30.6 Å². The number of nitrogens with one attached hydrogen (secondary N) is 2. The Bertz CT molecular complexity index is 494. The van der Waals surface area contributed by atoms with Gasteiger partial charge in [-0.25, -0.2) is 9.67 Å². The predicted molar refractivity (Wildman–Crippen MR) is 62.7 cm³/mol. The fraction of sp³-hybridized carbons (Fsp3) is 0.600. The van der Waals surface area contributed by atoms with Crippen LogP contribution in [0.3, 0.4) is 0 Å². The third kappa shape index (κ3) is 2.19. The first kappa shape index (κ1) is 11.1. The number of rotatable bonds is 4. The lowest BCUT2D eigenvalue weighted by Gasteiger charge is -2.12. The van der Waals surface area contributed by atoms with Crippen LogP contribution in [0.1, 0.15) is 24.8 Å². The van der Waals surface area contributed by atoms with E-state index in [1.54, 1.807) is 4.68 Å². The molecule has 0 aromatic carbocycles. The number of aromatic amines is 1. The highest BCUT2D eigenvalue weighted by Gasteiger charge is 2.28. The molecule has 3 rings (SSSR count). The lowest BCUT2D eigenvalue weighted by molar-refractivity contribution is 0.0471. The van der Waals surface area contributed by atoms with E-state index >= 15 is 0 Å². The summed E-state index contributed by atoms with van der Waals surface area (Å²) in [7, 11) is 1.85. The third-order valence-electron chi connectivity index (χ3n) is 3.05. The predicted octanol–water partition coefficient (Wildman–Crippen LogP) is 0.265. The molecular weight excluding hydrogens is 234 g/mol. The van der Waals surface area contributed by atoms with Gasteiger partial charge in [0.2, 0.25) is 5.95 Å². The zero-order valence-electron chi connectivity index (χ0n) is 10.1. The van der Waals surface area contributed by atoms with Crippen molar-refractivity contribution in [2.45, 2.75) is 25.0 Å². The van der Waals surface area contributed by atoms with Crippen molar-refractivity contribution >= 4 is 5.95 Å². The molecule has 8 heteroatoms. The van der Waals surface area contributed by atoms with Gasteiger partial charge in [-0.15, -0.1) is 0 Å². The molecule has 0 radical (unpaired) electrons. The molecule has 0 spiro atoms. The number of aryl methyl sites for hydroxylation is 1. The summed E-state index contributed by atoms with van der Waals surface area (Å²) in [5.74, 6) is 1.55. The van der Waals surface area contributed by atoms with Crippen LogP contribution in [0, 0.1) is 0 Å². The summed E-state index contributed by atoms with van der Waals surface area (Å²) in [5, 5.41) is 13.9. The number of hydrogen-bond donors (Lipinski definition) is 2. The standard InChI is InChI=1S/C10H15N7O/c1-17-10(13-6-15-17)11-4-7-2-3-8(18-7)9-12-5-14-16-9/h5-8H,2-4H2,1H3,(H,11,13,15)(H,12,14,16)/t7-,8+/m1/s1. The molecule has 2 atom stereocenters. The molecule has 0 saturated carbocycles. The Morgan fingerprint density at radius 1 is 1.44 bits per heavy atom. The zero-order chi connectivity index (χ0) is 12.4. The second-order valence-corrected chi connectivity index (χ2v) is 4.28. The molecule has 1 aliphatic rings. The fourth-order valence-electron chi connectivity index (χ4n) is 2.09. The summed E-state index contributed by atoms with van der Waals surface area (Å²) in [6.07, 6.45) is 5.17. The second-order valence-electron chi connectivity index (χ2n) is 4.28. The quantitative estimate of drug-likeness (QED) is 0.807. The average molecular weight is 249 g/mol. The van der Waals surface area contributed by atoms with Crippen molar-refractivity contribution in [2.75, 3.05) is 11.9 Å². The summed E-state index contributed by atoms with van der Waals surface area (Å²) in [6.45, 7) is 0.719. The summed E-state index contributed by atoms with van der Waals surface area (Å²) in [6, 6.07) is 0. The van der Waals surface area contributed by atoms with Crippen LogP contribution in [0.15, 0.2) is 12.7 Å². The molecule has 96 valence electrons. The van der Waals surface area contributed by atoms with Crippen molar-refractivity contribution in [1.29, 1.82) is 0 Å². The van der Waals surface area contributed by atoms with Crippen molar-refractivity contribution in [2.24, 2.45) is 7.05 Å². The third-order valence-corrected chi connectivity index (χ3v) is 3.05. The van der Waals surface area contributed by atoms with Gasteiger partial charge >= 0.3 is 0 Å². The van der Waals surface area contributed by atoms with Crippen LogP contribution in [-0.2, 0) is 11.8 Å². The number of aromatic nitrogens is 6. The van der Waals surface area contributed by atoms with Gasteiger partial charge in [0.05, 0.1) is 6.10 Å². The van der Waals surface area contributed by atoms with E-state index in [0.29, 0.717) is 0 Å². The minimum atomic E-state index is 0.0267. The van der Waals surface area contributed by atoms with Gasteiger partial charge in [0.15, 0.2) is 5.82 Å². The number of nitrogens with zero attached hydrogens (tertiary/aromatic N) is 5. The molecule has 8 nitrogen and oxygen atoms in total. The number of H-pyrrole nitrogens is 1. The van der Waals surface area contributed by atoms with Gasteiger partial charge < -0.3 is 10.1 Å². The number of ether oxygens (including phenoxy) is 1. The molecule has 3 heterocycles. The van der Waals surface area contributed by atoms with Gasteiger partial charge in [-0.3, -0.25) is 5.10 Å². The summed E-state index contributed by atoms with van der Waals surface area (Å²) in [4.78, 5) is 8.22. The SMILES string of the molecule is Cn1ncnc1NC[C@H]1CC[C@@H](c2ncn[nH]2)O1. The van der Waals surface area contributed by atoms with Gasteiger partial charge in [-0.2, -0.15) is 15.2 Å². The minimum absolute atomic E-state index is 0.0267. The largest absolute Gasteiger partial charge is 0.365 e. The van der Waals surface area contributed by atoms with Crippen molar-refractivity contribution in [3.8, 4) is 0 Å². The van der Waals surface area contributed by atoms with Crippen LogP contribution in [0.4, 0.5) is 5.95 Å². The van der Waals surface area contributed by atoms with E-state index in [1.165, 1.54) is 12.7 Å². The highest BCUT2D eigenvalue weighted by molar-refractivity contribution is 5.22. The Hall–Kier alpha value is -1.96. The van der Waals surface area contributed by atoms with Crippen molar-refractivity contribution in [1.82, 2.24) is 29.9 Å². The summed E-state index contributed by atoms with van der Waals surface area (Å²) >= 11 is 0. The van der Waals surface area contributed by atoms with Crippen LogP contribution in [-0.4, -0.2) is 42.6 Å². The maximum absolute atomic E-state index is 5.89. The molecule has 1 aliphatic heterocycles. The van der Waals surface area contributed by atoms with Crippen molar-refractivity contribution < 1.29 is 4.74 Å². The van der Waals surface area contributed by atoms with Gasteiger partial charge in [0, 0.05) is 13.6 Å². The lowest BCUT2D eigenvalue weighted by Crippen LogP contribution is -2.20. The molecule has 0 aliphatic carbocycles. The van der Waals surface area contributed by atoms with Crippen LogP contribution in [0.5, 0.6) is 0 Å². The molecule has 2 aromatic rings. The summed E-state index contributed by atoms with van der Waals surface area (Å²) in [5.41, 5.74) is 0. The van der Waals surface area contributed by atoms with Gasteiger partial charge in [0.25, 0.3) is 0 Å². The topological polar surface area (TPSA) is 93.5 Å². The van der Waals surface area contributed by atoms with E-state index in [9.17, 15) is 0 Å². The first-order chi connectivity index (χ1) is 8.83. The van der Waals surface area contributed by atoms with Crippen LogP contribution in [0.2, 0.25) is 0 Å². The fourth-order valence-corrected chi connectivity index (χ4v) is 2.09. The van der Waals surface area contributed by atoms with E-state index < -0.39 is 0 Å². The lowest BCUT2D eigenvalue weighted by atomic mass is 10.2. The highest BCUT2D eigenvalue weighted by atomic mass is 16.5. The van der Waals surface area contributed by atoms with E-state index in [-0.39, 0.29) is 12.2 Å². The first-order valence-electron chi connectivity index (χ1n) is 5.91. The molecule has 2 aromatic heterocycles. The normalized spacial score (nSPS) is 23.4. The first-order valence-corrected chi connectivity index (χ1v) is 5.91. The van der Waals surface area contributed by atoms with Gasteiger partial charge in [0.1, 0.15) is 18.8 Å². The van der Waals surface area contributed by atoms with Crippen LogP contribution >= 0.6 is 0 Å². The smallest absolute Gasteiger partial charge is 0.220 e. The molecule has 1 fully saturated rings. The molecule has 18 heavy (non-hydrogen) atoms. The minimum Gasteiger partial charge on any atom is -0.365 e. The molecule has 2 N–H and O–H groups in total. The zero-order valence-corrected chi connectivity index (χ0v) is 10.1. The van der Waals surface area contributed by atoms with Gasteiger partial charge in [-0.05, 0) is 12.8 Å². The molecule has 0 amide bonds.